The molecule has 0 saturated heterocycles. The normalized spacial score (nSPS) is 20.2. The van der Waals surface area contributed by atoms with Crippen LogP contribution in [0.3, 0.4) is 0 Å². The minimum absolute atomic E-state index is 0.0469. The average molecular weight is 376 g/mol. The summed E-state index contributed by atoms with van der Waals surface area (Å²) in [5.74, 6) is -0.353. The molecule has 1 aliphatic carbocycles. The molecule has 25 heavy (non-hydrogen) atoms. The maximum atomic E-state index is 12.7. The van der Waals surface area contributed by atoms with Crippen LogP contribution < -0.4 is 5.32 Å². The van der Waals surface area contributed by atoms with Gasteiger partial charge in [0, 0.05) is 28.6 Å². The van der Waals surface area contributed by atoms with E-state index < -0.39 is 5.97 Å². The predicted octanol–water partition coefficient (Wildman–Crippen LogP) is 2.98. The van der Waals surface area contributed by atoms with E-state index in [-0.39, 0.29) is 24.3 Å². The fourth-order valence-corrected chi connectivity index (χ4v) is 5.72. The van der Waals surface area contributed by atoms with Crippen molar-refractivity contribution in [1.82, 2.24) is 20.5 Å². The minimum atomic E-state index is -0.946. The van der Waals surface area contributed by atoms with Crippen molar-refractivity contribution in [3.8, 4) is 0 Å². The third-order valence-electron chi connectivity index (χ3n) is 4.66. The van der Waals surface area contributed by atoms with Gasteiger partial charge in [-0.3, -0.25) is 9.89 Å². The lowest BCUT2D eigenvalue weighted by Gasteiger charge is -2.17. The first-order chi connectivity index (χ1) is 12.1. The lowest BCUT2D eigenvalue weighted by atomic mass is 9.94. The molecular formula is C16H16N4O3S2. The number of rotatable bonds is 5. The van der Waals surface area contributed by atoms with Crippen molar-refractivity contribution in [1.29, 1.82) is 0 Å². The van der Waals surface area contributed by atoms with Gasteiger partial charge in [-0.25, -0.2) is 9.78 Å². The number of fused-ring (bicyclic) bond motifs is 1. The van der Waals surface area contributed by atoms with Gasteiger partial charge in [0.05, 0.1) is 4.70 Å². The molecule has 3 aromatic heterocycles. The largest absolute Gasteiger partial charge is 0.477 e. The van der Waals surface area contributed by atoms with E-state index in [1.807, 2.05) is 11.4 Å². The number of thiophene rings is 2. The van der Waals surface area contributed by atoms with Gasteiger partial charge in [0.15, 0.2) is 0 Å². The number of aromatic amines is 1. The number of aromatic carboxylic acids is 1. The Labute approximate surface area is 151 Å². The van der Waals surface area contributed by atoms with Crippen molar-refractivity contribution in [3.05, 3.63) is 34.0 Å². The Morgan fingerprint density at radius 3 is 3.04 bits per heavy atom. The standard InChI is InChI=1S/C16H16N4O3S2/c21-15(9-3-1-2-8(9)14-18-7-19-20-14)17-6-10-12-11(4-5-24-12)25-13(10)16(22)23/h4-5,7-9H,1-3,6H2,(H,17,21)(H,22,23)(H,18,19,20)/t8-,9+/m0/s1. The molecule has 0 bridgehead atoms. The molecule has 0 aromatic carbocycles. The van der Waals surface area contributed by atoms with Crippen LogP contribution in [0.4, 0.5) is 0 Å². The number of nitrogens with zero attached hydrogens (tertiary/aromatic N) is 2. The Balaban J connectivity index is 1.51. The summed E-state index contributed by atoms with van der Waals surface area (Å²) in [5.41, 5.74) is 0.699. The zero-order valence-electron chi connectivity index (χ0n) is 13.2. The highest BCUT2D eigenvalue weighted by molar-refractivity contribution is 7.28. The molecule has 3 aromatic rings. The first-order valence-corrected chi connectivity index (χ1v) is 9.70. The molecule has 7 nitrogen and oxygen atoms in total. The van der Waals surface area contributed by atoms with Crippen LogP contribution in [0.5, 0.6) is 0 Å². The van der Waals surface area contributed by atoms with Crippen molar-refractivity contribution in [2.75, 3.05) is 0 Å². The molecule has 0 spiro atoms. The number of carbonyl (C=O) groups is 2. The predicted molar refractivity (Wildman–Crippen MR) is 95.0 cm³/mol. The summed E-state index contributed by atoms with van der Waals surface area (Å²) in [7, 11) is 0. The molecule has 1 amide bonds. The van der Waals surface area contributed by atoms with E-state index in [0.29, 0.717) is 10.4 Å². The highest BCUT2D eigenvalue weighted by atomic mass is 32.1. The van der Waals surface area contributed by atoms with Gasteiger partial charge in [-0.1, -0.05) is 6.42 Å². The Hall–Kier alpha value is -2.26. The van der Waals surface area contributed by atoms with Crippen molar-refractivity contribution < 1.29 is 14.7 Å². The van der Waals surface area contributed by atoms with Gasteiger partial charge in [-0.15, -0.1) is 22.7 Å². The number of aromatic nitrogens is 3. The summed E-state index contributed by atoms with van der Waals surface area (Å²) in [6, 6.07) is 1.92. The summed E-state index contributed by atoms with van der Waals surface area (Å²) in [5, 5.41) is 21.0. The van der Waals surface area contributed by atoms with Gasteiger partial charge in [-0.2, -0.15) is 5.10 Å². The summed E-state index contributed by atoms with van der Waals surface area (Å²) in [4.78, 5) is 28.7. The topological polar surface area (TPSA) is 108 Å². The number of H-pyrrole nitrogens is 1. The third kappa shape index (κ3) is 2.93. The Bertz CT molecular complexity index is 915. The number of carboxylic acids is 1. The van der Waals surface area contributed by atoms with Crippen molar-refractivity contribution >= 4 is 43.9 Å². The summed E-state index contributed by atoms with van der Waals surface area (Å²) in [6.45, 7) is 0.237. The molecule has 0 radical (unpaired) electrons. The van der Waals surface area contributed by atoms with E-state index in [1.165, 1.54) is 29.0 Å². The highest BCUT2D eigenvalue weighted by Crippen LogP contribution is 2.39. The van der Waals surface area contributed by atoms with Crippen molar-refractivity contribution in [2.45, 2.75) is 31.7 Å². The molecule has 2 atom stereocenters. The molecule has 0 unspecified atom stereocenters. The van der Waals surface area contributed by atoms with E-state index in [1.54, 1.807) is 0 Å². The van der Waals surface area contributed by atoms with Gasteiger partial charge in [0.2, 0.25) is 5.91 Å². The summed E-state index contributed by atoms with van der Waals surface area (Å²) < 4.78 is 1.90. The average Bonchev–Trinajstić information content (AvgIpc) is 3.35. The van der Waals surface area contributed by atoms with Gasteiger partial charge in [0.25, 0.3) is 0 Å². The Morgan fingerprint density at radius 2 is 2.28 bits per heavy atom. The maximum absolute atomic E-state index is 12.7. The molecular weight excluding hydrogens is 360 g/mol. The molecule has 0 aliphatic heterocycles. The fourth-order valence-electron chi connectivity index (χ4n) is 3.51. The zero-order valence-corrected chi connectivity index (χ0v) is 14.8. The van der Waals surface area contributed by atoms with E-state index in [9.17, 15) is 14.7 Å². The monoisotopic (exact) mass is 376 g/mol. The molecule has 1 aliphatic rings. The van der Waals surface area contributed by atoms with Crippen LogP contribution in [-0.4, -0.2) is 32.2 Å². The number of nitrogens with one attached hydrogen (secondary N) is 2. The molecule has 3 heterocycles. The van der Waals surface area contributed by atoms with E-state index in [0.717, 1.165) is 34.5 Å². The van der Waals surface area contributed by atoms with E-state index >= 15 is 0 Å². The smallest absolute Gasteiger partial charge is 0.346 e. The lowest BCUT2D eigenvalue weighted by molar-refractivity contribution is -0.125. The first kappa shape index (κ1) is 16.2. The minimum Gasteiger partial charge on any atom is -0.477 e. The third-order valence-corrected chi connectivity index (χ3v) is 6.95. The number of carboxylic acid groups (broad SMARTS) is 1. The van der Waals surface area contributed by atoms with E-state index in [2.05, 4.69) is 20.5 Å². The molecule has 1 fully saturated rings. The second-order valence-electron chi connectivity index (χ2n) is 6.06. The quantitative estimate of drug-likeness (QED) is 0.634. The van der Waals surface area contributed by atoms with Crippen LogP contribution in [0, 0.1) is 5.92 Å². The van der Waals surface area contributed by atoms with Crippen LogP contribution in [0.1, 0.15) is 46.2 Å². The summed E-state index contributed by atoms with van der Waals surface area (Å²) >= 11 is 2.76. The number of hydrogen-bond acceptors (Lipinski definition) is 6. The second kappa shape index (κ2) is 6.57. The molecule has 3 N–H and O–H groups in total. The SMILES string of the molecule is O=C(O)c1sc2ccsc2c1CNC(=O)[C@@H]1CCC[C@@H]1c1ncn[nH]1. The van der Waals surface area contributed by atoms with Gasteiger partial charge < -0.3 is 10.4 Å². The van der Waals surface area contributed by atoms with Gasteiger partial charge >= 0.3 is 5.97 Å². The van der Waals surface area contributed by atoms with Crippen LogP contribution in [0.2, 0.25) is 0 Å². The molecule has 1 saturated carbocycles. The number of hydrogen-bond donors (Lipinski definition) is 3. The Morgan fingerprint density at radius 1 is 1.40 bits per heavy atom. The molecule has 130 valence electrons. The van der Waals surface area contributed by atoms with Gasteiger partial charge in [-0.05, 0) is 24.3 Å². The fraction of sp³-hybridized carbons (Fsp3) is 0.375. The van der Waals surface area contributed by atoms with Crippen molar-refractivity contribution in [2.24, 2.45) is 5.92 Å². The number of carbonyl (C=O) groups excluding carboxylic acids is 1. The maximum Gasteiger partial charge on any atom is 0.346 e. The molecule has 9 heteroatoms. The van der Waals surface area contributed by atoms with Crippen LogP contribution in [0.25, 0.3) is 9.40 Å². The lowest BCUT2D eigenvalue weighted by Crippen LogP contribution is -2.32. The van der Waals surface area contributed by atoms with Crippen LogP contribution >= 0.6 is 22.7 Å². The van der Waals surface area contributed by atoms with E-state index in [4.69, 9.17) is 0 Å². The Kier molecular flexibility index (Phi) is 4.26. The first-order valence-electron chi connectivity index (χ1n) is 8.00. The second-order valence-corrected chi connectivity index (χ2v) is 8.03. The summed E-state index contributed by atoms with van der Waals surface area (Å²) in [6.07, 6.45) is 4.14. The van der Waals surface area contributed by atoms with Crippen molar-refractivity contribution in [3.63, 3.8) is 0 Å². The highest BCUT2D eigenvalue weighted by Gasteiger charge is 2.35. The van der Waals surface area contributed by atoms with Crippen LogP contribution in [0.15, 0.2) is 17.8 Å². The molecule has 4 rings (SSSR count). The van der Waals surface area contributed by atoms with Gasteiger partial charge in [0.1, 0.15) is 17.0 Å². The van der Waals surface area contributed by atoms with Crippen LogP contribution in [-0.2, 0) is 11.3 Å². The number of amides is 1. The zero-order chi connectivity index (χ0) is 17.4.